The lowest BCUT2D eigenvalue weighted by Crippen LogP contribution is -2.37. The van der Waals surface area contributed by atoms with Crippen LogP contribution < -0.4 is 4.89 Å². The highest BCUT2D eigenvalue weighted by Gasteiger charge is 2.21. The number of phosphoric ester groups is 1. The second kappa shape index (κ2) is 35.2. The predicted octanol–water partition coefficient (Wildman–Crippen LogP) is 10.9. The Morgan fingerprint density at radius 1 is 0.577 bits per heavy atom. The van der Waals surface area contributed by atoms with Gasteiger partial charge in [-0.2, -0.15) is 0 Å². The Bertz CT molecular complexity index is 949. The van der Waals surface area contributed by atoms with E-state index >= 15 is 0 Å². The molecule has 10 heteroatoms. The van der Waals surface area contributed by atoms with Crippen LogP contribution in [0.15, 0.2) is 24.3 Å². The standard InChI is InChI=1S/C42H80NO8P/c1-6-8-10-12-14-16-18-20-22-24-26-28-30-32-34-41(44)48-38-40(39-50-52(46,47)49-37-36-43(3,4)5)51-42(45)35-33-31-29-27-25-23-21-19-17-15-13-11-9-7-2/h16-19,40H,6-15,20-39H2,1-5H3/b18-16-,19-17-/t40-/m1/s1. The molecule has 0 aromatic carbocycles. The van der Waals surface area contributed by atoms with Crippen LogP contribution in [0.1, 0.15) is 181 Å². The maximum absolute atomic E-state index is 12.6. The molecule has 52 heavy (non-hydrogen) atoms. The Labute approximate surface area is 319 Å². The van der Waals surface area contributed by atoms with Crippen molar-refractivity contribution in [3.63, 3.8) is 0 Å². The van der Waals surface area contributed by atoms with Crippen LogP contribution in [-0.2, 0) is 32.7 Å². The van der Waals surface area contributed by atoms with Crippen molar-refractivity contribution >= 4 is 19.8 Å². The average Bonchev–Trinajstić information content (AvgIpc) is 3.09. The fraction of sp³-hybridized carbons (Fsp3) is 0.857. The SMILES string of the molecule is CCCCCC/C=C\CCCCCCCCC(=O)OC[C@H](COP(=O)([O-])OCC[N+](C)(C)C)OC(=O)CCCCCCCC/C=C\CCCCCC. The normalized spacial score (nSPS) is 13.9. The molecule has 0 amide bonds. The van der Waals surface area contributed by atoms with Gasteiger partial charge in [-0.1, -0.05) is 128 Å². The van der Waals surface area contributed by atoms with Crippen LogP contribution in [0.25, 0.3) is 0 Å². The molecular weight excluding hydrogens is 677 g/mol. The van der Waals surface area contributed by atoms with Gasteiger partial charge in [-0.3, -0.25) is 14.2 Å². The van der Waals surface area contributed by atoms with Crippen molar-refractivity contribution in [2.45, 2.75) is 187 Å². The largest absolute Gasteiger partial charge is 0.756 e. The summed E-state index contributed by atoms with van der Waals surface area (Å²) in [7, 11) is 1.16. The Hall–Kier alpha value is -1.51. The highest BCUT2D eigenvalue weighted by molar-refractivity contribution is 7.45. The molecule has 0 aromatic rings. The summed E-state index contributed by atoms with van der Waals surface area (Å²) in [5, 5.41) is 0. The van der Waals surface area contributed by atoms with Crippen molar-refractivity contribution in [3.05, 3.63) is 24.3 Å². The molecule has 0 saturated heterocycles. The minimum absolute atomic E-state index is 0.0320. The second-order valence-corrected chi connectivity index (χ2v) is 16.8. The molecule has 0 heterocycles. The van der Waals surface area contributed by atoms with Crippen molar-refractivity contribution in [2.24, 2.45) is 0 Å². The van der Waals surface area contributed by atoms with Gasteiger partial charge in [0.2, 0.25) is 0 Å². The first-order chi connectivity index (χ1) is 25.0. The zero-order chi connectivity index (χ0) is 38.6. The molecule has 0 saturated carbocycles. The molecule has 2 atom stereocenters. The first kappa shape index (κ1) is 50.5. The average molecular weight is 758 g/mol. The number of likely N-dealkylation sites (N-methyl/N-ethyl adjacent to an activating group) is 1. The Morgan fingerprint density at radius 2 is 0.981 bits per heavy atom. The van der Waals surface area contributed by atoms with Gasteiger partial charge >= 0.3 is 11.9 Å². The lowest BCUT2D eigenvalue weighted by molar-refractivity contribution is -0.870. The zero-order valence-electron chi connectivity index (χ0n) is 34.3. The fourth-order valence-corrected chi connectivity index (χ4v) is 6.31. The van der Waals surface area contributed by atoms with E-state index in [1.807, 2.05) is 21.1 Å². The number of carbonyl (C=O) groups is 2. The van der Waals surface area contributed by atoms with Gasteiger partial charge in [0.15, 0.2) is 6.10 Å². The number of esters is 2. The molecule has 0 fully saturated rings. The third-order valence-corrected chi connectivity index (χ3v) is 9.91. The van der Waals surface area contributed by atoms with Crippen LogP contribution >= 0.6 is 7.82 Å². The lowest BCUT2D eigenvalue weighted by atomic mass is 10.1. The Kier molecular flexibility index (Phi) is 34.2. The van der Waals surface area contributed by atoms with Crippen LogP contribution in [0.4, 0.5) is 0 Å². The molecule has 0 aliphatic carbocycles. The molecule has 0 N–H and O–H groups in total. The van der Waals surface area contributed by atoms with Crippen LogP contribution in [0.3, 0.4) is 0 Å². The van der Waals surface area contributed by atoms with Crippen molar-refractivity contribution in [1.29, 1.82) is 0 Å². The number of unbranched alkanes of at least 4 members (excludes halogenated alkanes) is 20. The number of hydrogen-bond acceptors (Lipinski definition) is 8. The van der Waals surface area contributed by atoms with Crippen LogP contribution in [0.5, 0.6) is 0 Å². The first-order valence-electron chi connectivity index (χ1n) is 21.0. The van der Waals surface area contributed by atoms with E-state index in [4.69, 9.17) is 18.5 Å². The molecule has 0 rings (SSSR count). The van der Waals surface area contributed by atoms with Crippen molar-refractivity contribution in [3.8, 4) is 0 Å². The van der Waals surface area contributed by atoms with E-state index in [0.717, 1.165) is 57.8 Å². The van der Waals surface area contributed by atoms with Gasteiger partial charge in [0.25, 0.3) is 7.82 Å². The van der Waals surface area contributed by atoms with E-state index in [9.17, 15) is 19.0 Å². The summed E-state index contributed by atoms with van der Waals surface area (Å²) >= 11 is 0. The number of carbonyl (C=O) groups excluding carboxylic acids is 2. The molecule has 0 aliphatic rings. The summed E-state index contributed by atoms with van der Waals surface area (Å²) in [6, 6.07) is 0. The maximum atomic E-state index is 12.6. The lowest BCUT2D eigenvalue weighted by Gasteiger charge is -2.28. The van der Waals surface area contributed by atoms with Crippen LogP contribution in [-0.4, -0.2) is 70.0 Å². The Balaban J connectivity index is 4.40. The van der Waals surface area contributed by atoms with E-state index in [-0.39, 0.29) is 26.1 Å². The predicted molar refractivity (Wildman–Crippen MR) is 213 cm³/mol. The van der Waals surface area contributed by atoms with E-state index in [2.05, 4.69) is 38.2 Å². The molecule has 306 valence electrons. The van der Waals surface area contributed by atoms with Crippen molar-refractivity contribution in [1.82, 2.24) is 0 Å². The van der Waals surface area contributed by atoms with Gasteiger partial charge in [0.05, 0.1) is 27.7 Å². The highest BCUT2D eigenvalue weighted by atomic mass is 31.2. The number of ether oxygens (including phenoxy) is 2. The molecule has 0 aliphatic heterocycles. The van der Waals surface area contributed by atoms with Crippen LogP contribution in [0.2, 0.25) is 0 Å². The van der Waals surface area contributed by atoms with Gasteiger partial charge in [-0.15, -0.1) is 0 Å². The number of phosphoric acid groups is 1. The van der Waals surface area contributed by atoms with Gasteiger partial charge < -0.3 is 27.9 Å². The smallest absolute Gasteiger partial charge is 0.306 e. The number of rotatable bonds is 38. The number of allylic oxidation sites excluding steroid dienone is 4. The number of nitrogens with zero attached hydrogens (tertiary/aromatic N) is 1. The van der Waals surface area contributed by atoms with Crippen molar-refractivity contribution < 1.29 is 42.1 Å². The minimum Gasteiger partial charge on any atom is -0.756 e. The van der Waals surface area contributed by atoms with Gasteiger partial charge in [0, 0.05) is 12.8 Å². The monoisotopic (exact) mass is 758 g/mol. The molecule has 9 nitrogen and oxygen atoms in total. The van der Waals surface area contributed by atoms with E-state index < -0.39 is 32.5 Å². The molecule has 0 aromatic heterocycles. The molecule has 0 spiro atoms. The van der Waals surface area contributed by atoms with Gasteiger partial charge in [-0.05, 0) is 64.2 Å². The summed E-state index contributed by atoms with van der Waals surface area (Å²) in [4.78, 5) is 37.4. The second-order valence-electron chi connectivity index (χ2n) is 15.3. The summed E-state index contributed by atoms with van der Waals surface area (Å²) < 4.78 is 33.8. The summed E-state index contributed by atoms with van der Waals surface area (Å²) in [6.07, 6.45) is 36.2. The zero-order valence-corrected chi connectivity index (χ0v) is 35.2. The van der Waals surface area contributed by atoms with E-state index in [1.54, 1.807) is 0 Å². The molecular formula is C42H80NO8P. The quantitative estimate of drug-likeness (QED) is 0.0201. The number of quaternary nitrogens is 1. The number of hydrogen-bond donors (Lipinski definition) is 0. The molecule has 0 bridgehead atoms. The topological polar surface area (TPSA) is 111 Å². The minimum atomic E-state index is -4.62. The first-order valence-corrected chi connectivity index (χ1v) is 22.5. The molecule has 1 unspecified atom stereocenters. The maximum Gasteiger partial charge on any atom is 0.306 e. The van der Waals surface area contributed by atoms with E-state index in [1.165, 1.54) is 89.9 Å². The van der Waals surface area contributed by atoms with Crippen molar-refractivity contribution in [2.75, 3.05) is 47.5 Å². The summed E-state index contributed by atoms with van der Waals surface area (Å²) in [5.41, 5.74) is 0. The third-order valence-electron chi connectivity index (χ3n) is 8.94. The van der Waals surface area contributed by atoms with Crippen LogP contribution in [0, 0.1) is 0 Å². The summed E-state index contributed by atoms with van der Waals surface area (Å²) in [6.45, 7) is 4.18. The van der Waals surface area contributed by atoms with E-state index in [0.29, 0.717) is 17.4 Å². The van der Waals surface area contributed by atoms with Gasteiger partial charge in [-0.25, -0.2) is 0 Å². The molecule has 0 radical (unpaired) electrons. The fourth-order valence-electron chi connectivity index (χ4n) is 5.58. The highest BCUT2D eigenvalue weighted by Crippen LogP contribution is 2.38. The third kappa shape index (κ3) is 38.2. The summed E-state index contributed by atoms with van der Waals surface area (Å²) in [5.74, 6) is -0.847. The van der Waals surface area contributed by atoms with Gasteiger partial charge in [0.1, 0.15) is 19.8 Å². The Morgan fingerprint density at radius 3 is 1.42 bits per heavy atom.